The zero-order valence-electron chi connectivity index (χ0n) is 8.72. The van der Waals surface area contributed by atoms with Crippen LogP contribution in [-0.2, 0) is 6.54 Å². The van der Waals surface area contributed by atoms with Crippen molar-refractivity contribution in [3.05, 3.63) is 53.7 Å². The number of rotatable bonds is 2. The zero-order chi connectivity index (χ0) is 11.0. The number of thioether (sulfide) groups is 1. The normalized spacial score (nSPS) is 13.8. The first-order chi connectivity index (χ1) is 7.86. The molecule has 2 nitrogen and oxygen atoms in total. The van der Waals surface area contributed by atoms with E-state index in [0.29, 0.717) is 0 Å². The summed E-state index contributed by atoms with van der Waals surface area (Å²) >= 11 is 1.77. The van der Waals surface area contributed by atoms with E-state index in [4.69, 9.17) is 0 Å². The van der Waals surface area contributed by atoms with Gasteiger partial charge < -0.3 is 4.57 Å². The maximum absolute atomic E-state index is 12.2. The Kier molecular flexibility index (Phi) is 2.33. The molecule has 0 aliphatic carbocycles. The average Bonchev–Trinajstić information content (AvgIpc) is 2.91. The van der Waals surface area contributed by atoms with Crippen LogP contribution in [0.3, 0.4) is 0 Å². The van der Waals surface area contributed by atoms with Gasteiger partial charge in [0.25, 0.3) is 0 Å². The predicted octanol–water partition coefficient (Wildman–Crippen LogP) is 2.82. The van der Waals surface area contributed by atoms with Crippen molar-refractivity contribution in [2.45, 2.75) is 11.6 Å². The summed E-state index contributed by atoms with van der Waals surface area (Å²) in [7, 11) is 0. The zero-order valence-corrected chi connectivity index (χ0v) is 9.54. The Balaban J connectivity index is 2.02. The maximum atomic E-state index is 12.2. The fraction of sp³-hybridized carbons (Fsp3) is 0.154. The van der Waals surface area contributed by atoms with Gasteiger partial charge in [0.2, 0.25) is 0 Å². The van der Waals surface area contributed by atoms with E-state index in [9.17, 15) is 4.79 Å². The van der Waals surface area contributed by atoms with Crippen LogP contribution in [0.15, 0.2) is 47.6 Å². The minimum absolute atomic E-state index is 0.128. The molecular formula is C13H11NOS. The van der Waals surface area contributed by atoms with Crippen molar-refractivity contribution in [1.29, 1.82) is 0 Å². The molecule has 0 radical (unpaired) electrons. The van der Waals surface area contributed by atoms with Crippen molar-refractivity contribution in [1.82, 2.24) is 4.57 Å². The molecule has 0 fully saturated rings. The van der Waals surface area contributed by atoms with Crippen molar-refractivity contribution in [3.8, 4) is 0 Å². The molecule has 16 heavy (non-hydrogen) atoms. The molecule has 0 saturated heterocycles. The van der Waals surface area contributed by atoms with Gasteiger partial charge >= 0.3 is 0 Å². The molecule has 1 aliphatic rings. The third-order valence-electron chi connectivity index (χ3n) is 2.76. The van der Waals surface area contributed by atoms with Gasteiger partial charge in [-0.15, -0.1) is 11.8 Å². The minimum atomic E-state index is 0.128. The van der Waals surface area contributed by atoms with Crippen LogP contribution in [0, 0.1) is 0 Å². The van der Waals surface area contributed by atoms with Crippen LogP contribution in [-0.4, -0.2) is 16.1 Å². The summed E-state index contributed by atoms with van der Waals surface area (Å²) in [4.78, 5) is 12.2. The molecule has 1 aliphatic heterocycles. The second-order valence-corrected chi connectivity index (χ2v) is 4.86. The van der Waals surface area contributed by atoms with Crippen LogP contribution in [0.5, 0.6) is 0 Å². The summed E-state index contributed by atoms with van der Waals surface area (Å²) in [6.07, 6.45) is 2.01. The number of benzene rings is 1. The molecule has 0 N–H and O–H groups in total. The number of fused-ring (bicyclic) bond motifs is 1. The Hall–Kier alpha value is -1.48. The van der Waals surface area contributed by atoms with E-state index in [-0.39, 0.29) is 5.78 Å². The van der Waals surface area contributed by atoms with Gasteiger partial charge in [-0.3, -0.25) is 4.79 Å². The average molecular weight is 229 g/mol. The van der Waals surface area contributed by atoms with Crippen LogP contribution < -0.4 is 0 Å². The third kappa shape index (κ3) is 1.48. The molecule has 2 aromatic rings. The molecular weight excluding hydrogens is 218 g/mol. The Bertz CT molecular complexity index is 530. The van der Waals surface area contributed by atoms with E-state index in [1.807, 2.05) is 42.6 Å². The van der Waals surface area contributed by atoms with Gasteiger partial charge in [-0.1, -0.05) is 30.3 Å². The quantitative estimate of drug-likeness (QED) is 0.739. The molecule has 0 unspecified atom stereocenters. The van der Waals surface area contributed by atoms with Crippen molar-refractivity contribution in [2.75, 3.05) is 5.75 Å². The lowest BCUT2D eigenvalue weighted by molar-refractivity contribution is 0.103. The molecule has 1 aromatic carbocycles. The minimum Gasteiger partial charge on any atom is -0.341 e. The SMILES string of the molecule is O=C(c1ccccc1)c1ccn2c1SCC2. The van der Waals surface area contributed by atoms with E-state index in [0.717, 1.165) is 28.5 Å². The first-order valence-electron chi connectivity index (χ1n) is 5.28. The number of hydrogen-bond acceptors (Lipinski definition) is 2. The standard InChI is InChI=1S/C13H11NOS/c15-12(10-4-2-1-3-5-10)11-6-7-14-8-9-16-13(11)14/h1-7H,8-9H2. The molecule has 80 valence electrons. The Morgan fingerprint density at radius 2 is 2.00 bits per heavy atom. The number of nitrogens with zero attached hydrogens (tertiary/aromatic N) is 1. The smallest absolute Gasteiger partial charge is 0.195 e. The lowest BCUT2D eigenvalue weighted by Gasteiger charge is -2.00. The molecule has 1 aromatic heterocycles. The molecule has 3 heteroatoms. The van der Waals surface area contributed by atoms with Gasteiger partial charge in [0.1, 0.15) is 0 Å². The molecule has 2 heterocycles. The molecule has 3 rings (SSSR count). The molecule has 0 bridgehead atoms. The second-order valence-electron chi connectivity index (χ2n) is 3.77. The summed E-state index contributed by atoms with van der Waals surface area (Å²) < 4.78 is 2.15. The fourth-order valence-corrected chi connectivity index (χ4v) is 3.07. The van der Waals surface area contributed by atoms with Gasteiger partial charge in [-0.2, -0.15) is 0 Å². The lowest BCUT2D eigenvalue weighted by Crippen LogP contribution is -2.01. The first-order valence-corrected chi connectivity index (χ1v) is 6.26. The van der Waals surface area contributed by atoms with Gasteiger partial charge in [0.05, 0.1) is 10.6 Å². The largest absolute Gasteiger partial charge is 0.341 e. The number of hydrogen-bond donors (Lipinski definition) is 0. The number of aromatic nitrogens is 1. The van der Waals surface area contributed by atoms with Crippen molar-refractivity contribution in [3.63, 3.8) is 0 Å². The van der Waals surface area contributed by atoms with Gasteiger partial charge in [0, 0.05) is 24.1 Å². The second kappa shape index (κ2) is 3.83. The monoisotopic (exact) mass is 229 g/mol. The van der Waals surface area contributed by atoms with Crippen LogP contribution >= 0.6 is 11.8 Å². The Labute approximate surface area is 98.3 Å². The molecule has 0 saturated carbocycles. The number of aryl methyl sites for hydroxylation is 1. The van der Waals surface area contributed by atoms with Crippen LogP contribution in [0.25, 0.3) is 0 Å². The number of carbonyl (C=O) groups is 1. The van der Waals surface area contributed by atoms with Crippen molar-refractivity contribution >= 4 is 17.5 Å². The van der Waals surface area contributed by atoms with Crippen molar-refractivity contribution < 1.29 is 4.79 Å². The highest BCUT2D eigenvalue weighted by Crippen LogP contribution is 2.31. The molecule has 0 amide bonds. The summed E-state index contributed by atoms with van der Waals surface area (Å²) in [6.45, 7) is 1.02. The summed E-state index contributed by atoms with van der Waals surface area (Å²) in [5.41, 5.74) is 1.61. The van der Waals surface area contributed by atoms with Gasteiger partial charge in [-0.25, -0.2) is 0 Å². The highest BCUT2D eigenvalue weighted by Gasteiger charge is 2.20. The highest BCUT2D eigenvalue weighted by molar-refractivity contribution is 7.99. The van der Waals surface area contributed by atoms with E-state index >= 15 is 0 Å². The van der Waals surface area contributed by atoms with E-state index < -0.39 is 0 Å². The summed E-state index contributed by atoms with van der Waals surface area (Å²) in [5, 5.41) is 1.12. The third-order valence-corrected chi connectivity index (χ3v) is 3.88. The van der Waals surface area contributed by atoms with E-state index in [1.54, 1.807) is 11.8 Å². The van der Waals surface area contributed by atoms with Crippen LogP contribution in [0.4, 0.5) is 0 Å². The lowest BCUT2D eigenvalue weighted by atomic mass is 10.1. The topological polar surface area (TPSA) is 22.0 Å². The number of carbonyl (C=O) groups excluding carboxylic acids is 1. The van der Waals surface area contributed by atoms with Crippen LogP contribution in [0.1, 0.15) is 15.9 Å². The Morgan fingerprint density at radius 1 is 1.19 bits per heavy atom. The predicted molar refractivity (Wildman–Crippen MR) is 65.0 cm³/mol. The maximum Gasteiger partial charge on any atom is 0.195 e. The number of ketones is 1. The highest BCUT2D eigenvalue weighted by atomic mass is 32.2. The molecule has 0 spiro atoms. The Morgan fingerprint density at radius 3 is 2.81 bits per heavy atom. The first kappa shape index (κ1) is 9.73. The van der Waals surface area contributed by atoms with E-state index in [1.165, 1.54) is 0 Å². The summed E-state index contributed by atoms with van der Waals surface area (Å²) in [6, 6.07) is 11.4. The van der Waals surface area contributed by atoms with E-state index in [2.05, 4.69) is 4.57 Å². The molecule has 0 atom stereocenters. The van der Waals surface area contributed by atoms with Crippen molar-refractivity contribution in [2.24, 2.45) is 0 Å². The van der Waals surface area contributed by atoms with Gasteiger partial charge in [-0.05, 0) is 6.07 Å². The van der Waals surface area contributed by atoms with Gasteiger partial charge in [0.15, 0.2) is 5.78 Å². The summed E-state index contributed by atoms with van der Waals surface area (Å²) in [5.74, 6) is 1.20. The fourth-order valence-electron chi connectivity index (χ4n) is 1.95. The van der Waals surface area contributed by atoms with Crippen LogP contribution in [0.2, 0.25) is 0 Å².